The summed E-state index contributed by atoms with van der Waals surface area (Å²) in [6, 6.07) is 2.51. The van der Waals surface area contributed by atoms with Crippen LogP contribution in [0.5, 0.6) is 0 Å². The standard InChI is InChI=1S/C8H7ClFNO2/c9-5-1-4(3-7(12)13)2-6(11)8(5)10/h1-2H,3,11H2,(H,12,13). The molecule has 0 spiro atoms. The normalized spacial score (nSPS) is 10.0. The Labute approximate surface area is 78.9 Å². The van der Waals surface area contributed by atoms with Crippen LogP contribution in [0.4, 0.5) is 10.1 Å². The largest absolute Gasteiger partial charge is 0.481 e. The number of hydrogen-bond acceptors (Lipinski definition) is 2. The van der Waals surface area contributed by atoms with E-state index in [-0.39, 0.29) is 17.1 Å². The average molecular weight is 204 g/mol. The summed E-state index contributed by atoms with van der Waals surface area (Å²) in [6.45, 7) is 0. The average Bonchev–Trinajstić information content (AvgIpc) is 1.98. The zero-order valence-corrected chi connectivity index (χ0v) is 7.31. The van der Waals surface area contributed by atoms with Gasteiger partial charge in [0.25, 0.3) is 0 Å². The van der Waals surface area contributed by atoms with Crippen molar-refractivity contribution in [2.75, 3.05) is 5.73 Å². The summed E-state index contributed by atoms with van der Waals surface area (Å²) >= 11 is 5.45. The minimum atomic E-state index is -1.01. The van der Waals surface area contributed by atoms with Crippen LogP contribution in [-0.4, -0.2) is 11.1 Å². The van der Waals surface area contributed by atoms with Crippen molar-refractivity contribution in [1.29, 1.82) is 0 Å². The Morgan fingerprint density at radius 2 is 2.23 bits per heavy atom. The van der Waals surface area contributed by atoms with Gasteiger partial charge in [-0.25, -0.2) is 4.39 Å². The number of carboxylic acids is 1. The maximum absolute atomic E-state index is 12.8. The number of anilines is 1. The van der Waals surface area contributed by atoms with Crippen LogP contribution in [0.15, 0.2) is 12.1 Å². The van der Waals surface area contributed by atoms with Crippen LogP contribution in [0.1, 0.15) is 5.56 Å². The second-order valence-electron chi connectivity index (χ2n) is 2.55. The van der Waals surface area contributed by atoms with Gasteiger partial charge in [-0.1, -0.05) is 11.6 Å². The Kier molecular flexibility index (Phi) is 2.72. The second kappa shape index (κ2) is 3.62. The molecule has 0 amide bonds. The molecular weight excluding hydrogens is 197 g/mol. The van der Waals surface area contributed by atoms with E-state index in [1.54, 1.807) is 0 Å². The van der Waals surface area contributed by atoms with E-state index in [0.29, 0.717) is 5.56 Å². The number of nitrogen functional groups attached to an aromatic ring is 1. The van der Waals surface area contributed by atoms with E-state index >= 15 is 0 Å². The quantitative estimate of drug-likeness (QED) is 0.719. The van der Waals surface area contributed by atoms with Crippen molar-refractivity contribution in [3.05, 3.63) is 28.5 Å². The topological polar surface area (TPSA) is 63.3 Å². The number of carbonyl (C=O) groups is 1. The first kappa shape index (κ1) is 9.80. The number of benzene rings is 1. The highest BCUT2D eigenvalue weighted by Crippen LogP contribution is 2.22. The first-order valence-electron chi connectivity index (χ1n) is 3.46. The Morgan fingerprint density at radius 1 is 1.62 bits per heavy atom. The predicted octanol–water partition coefficient (Wildman–Crippen LogP) is 1.69. The number of hydrogen-bond donors (Lipinski definition) is 2. The minimum Gasteiger partial charge on any atom is -0.481 e. The monoisotopic (exact) mass is 203 g/mol. The van der Waals surface area contributed by atoms with E-state index < -0.39 is 11.8 Å². The van der Waals surface area contributed by atoms with Gasteiger partial charge >= 0.3 is 5.97 Å². The first-order valence-corrected chi connectivity index (χ1v) is 3.83. The molecule has 1 aromatic rings. The molecule has 0 bridgehead atoms. The molecule has 0 unspecified atom stereocenters. The number of nitrogens with two attached hydrogens (primary N) is 1. The van der Waals surface area contributed by atoms with Crippen molar-refractivity contribution in [2.45, 2.75) is 6.42 Å². The highest BCUT2D eigenvalue weighted by atomic mass is 35.5. The summed E-state index contributed by atoms with van der Waals surface area (Å²) in [4.78, 5) is 10.3. The van der Waals surface area contributed by atoms with Crippen LogP contribution in [0.25, 0.3) is 0 Å². The molecule has 0 saturated heterocycles. The zero-order chi connectivity index (χ0) is 10.0. The molecule has 13 heavy (non-hydrogen) atoms. The van der Waals surface area contributed by atoms with Gasteiger partial charge in [-0.15, -0.1) is 0 Å². The van der Waals surface area contributed by atoms with Gasteiger partial charge in [0.15, 0.2) is 5.82 Å². The van der Waals surface area contributed by atoms with Crippen LogP contribution in [0.3, 0.4) is 0 Å². The zero-order valence-electron chi connectivity index (χ0n) is 6.55. The van der Waals surface area contributed by atoms with Crippen LogP contribution in [0, 0.1) is 5.82 Å². The predicted molar refractivity (Wildman–Crippen MR) is 47.2 cm³/mol. The number of aliphatic carboxylic acids is 1. The van der Waals surface area contributed by atoms with E-state index in [0.717, 1.165) is 0 Å². The van der Waals surface area contributed by atoms with Gasteiger partial charge in [-0.3, -0.25) is 4.79 Å². The smallest absolute Gasteiger partial charge is 0.307 e. The van der Waals surface area contributed by atoms with Crippen LogP contribution in [-0.2, 0) is 11.2 Å². The van der Waals surface area contributed by atoms with E-state index in [2.05, 4.69) is 0 Å². The summed E-state index contributed by atoms with van der Waals surface area (Å²) in [7, 11) is 0. The highest BCUT2D eigenvalue weighted by molar-refractivity contribution is 6.31. The molecule has 0 radical (unpaired) electrons. The molecule has 0 saturated carbocycles. The Hall–Kier alpha value is -1.29. The van der Waals surface area contributed by atoms with Crippen LogP contribution >= 0.6 is 11.6 Å². The maximum Gasteiger partial charge on any atom is 0.307 e. The lowest BCUT2D eigenvalue weighted by Gasteiger charge is -2.02. The molecule has 0 aliphatic carbocycles. The van der Waals surface area contributed by atoms with Gasteiger partial charge in [0, 0.05) is 0 Å². The van der Waals surface area contributed by atoms with E-state index in [1.165, 1.54) is 12.1 Å². The fourth-order valence-corrected chi connectivity index (χ4v) is 1.19. The SMILES string of the molecule is Nc1cc(CC(=O)O)cc(Cl)c1F. The summed E-state index contributed by atoms with van der Waals surface area (Å²) < 4.78 is 12.8. The summed E-state index contributed by atoms with van der Waals surface area (Å²) in [6.07, 6.45) is -0.218. The molecule has 0 aromatic heterocycles. The Balaban J connectivity index is 3.06. The van der Waals surface area contributed by atoms with Crippen molar-refractivity contribution in [1.82, 2.24) is 0 Å². The van der Waals surface area contributed by atoms with E-state index in [4.69, 9.17) is 22.4 Å². The highest BCUT2D eigenvalue weighted by Gasteiger charge is 2.08. The van der Waals surface area contributed by atoms with Crippen molar-refractivity contribution in [3.8, 4) is 0 Å². The molecule has 0 aliphatic heterocycles. The molecule has 1 rings (SSSR count). The fourth-order valence-electron chi connectivity index (χ4n) is 0.945. The van der Waals surface area contributed by atoms with Crippen LogP contribution in [0.2, 0.25) is 5.02 Å². The molecule has 0 atom stereocenters. The van der Waals surface area contributed by atoms with Crippen molar-refractivity contribution in [3.63, 3.8) is 0 Å². The summed E-state index contributed by atoms with van der Waals surface area (Å²) in [5.74, 6) is -1.72. The fraction of sp³-hybridized carbons (Fsp3) is 0.125. The van der Waals surface area contributed by atoms with Gasteiger partial charge in [0.2, 0.25) is 0 Å². The van der Waals surface area contributed by atoms with Gasteiger partial charge < -0.3 is 10.8 Å². The Bertz CT molecular complexity index is 331. The third-order valence-corrected chi connectivity index (χ3v) is 1.75. The second-order valence-corrected chi connectivity index (χ2v) is 2.96. The lowest BCUT2D eigenvalue weighted by atomic mass is 10.1. The molecule has 70 valence electrons. The van der Waals surface area contributed by atoms with E-state index in [1.807, 2.05) is 0 Å². The van der Waals surface area contributed by atoms with Crippen molar-refractivity contribution < 1.29 is 14.3 Å². The lowest BCUT2D eigenvalue weighted by molar-refractivity contribution is -0.136. The molecule has 0 heterocycles. The third kappa shape index (κ3) is 2.32. The van der Waals surface area contributed by atoms with E-state index in [9.17, 15) is 9.18 Å². The summed E-state index contributed by atoms with van der Waals surface area (Å²) in [5, 5.41) is 8.28. The number of rotatable bonds is 2. The minimum absolute atomic E-state index is 0.135. The van der Waals surface area contributed by atoms with Crippen LogP contribution < -0.4 is 5.73 Å². The first-order chi connectivity index (χ1) is 6.00. The molecule has 0 aliphatic rings. The van der Waals surface area contributed by atoms with Gasteiger partial charge in [-0.2, -0.15) is 0 Å². The molecule has 5 heteroatoms. The van der Waals surface area contributed by atoms with Gasteiger partial charge in [0.1, 0.15) is 0 Å². The lowest BCUT2D eigenvalue weighted by Crippen LogP contribution is -2.02. The number of carboxylic acid groups (broad SMARTS) is 1. The summed E-state index contributed by atoms with van der Waals surface area (Å²) in [5.41, 5.74) is 5.49. The molecular formula is C8H7ClFNO2. The Morgan fingerprint density at radius 3 is 2.69 bits per heavy atom. The van der Waals surface area contributed by atoms with Crippen molar-refractivity contribution >= 4 is 23.3 Å². The molecule has 1 aromatic carbocycles. The molecule has 0 fully saturated rings. The van der Waals surface area contributed by atoms with Crippen molar-refractivity contribution in [2.24, 2.45) is 0 Å². The third-order valence-electron chi connectivity index (χ3n) is 1.47. The number of halogens is 2. The van der Waals surface area contributed by atoms with Gasteiger partial charge in [-0.05, 0) is 17.7 Å². The van der Waals surface area contributed by atoms with Gasteiger partial charge in [0.05, 0.1) is 17.1 Å². The molecule has 3 N–H and O–H groups in total. The molecule has 3 nitrogen and oxygen atoms in total. The maximum atomic E-state index is 12.8.